The standard InChI is InChI=1S/C19H27Cl2O4P/c20-14-11-12-17(18(21)13-14)19(22)26(23,24-15-7-3-1-4-8-15)25-16-9-5-2-6-10-16/h11-13,15-16,19,22H,1-10H2/t19-/m0/s1. The first-order valence-electron chi connectivity index (χ1n) is 9.57. The van der Waals surface area contributed by atoms with Crippen LogP contribution in [0.1, 0.15) is 75.6 Å². The van der Waals surface area contributed by atoms with Gasteiger partial charge in [0.05, 0.1) is 12.2 Å². The van der Waals surface area contributed by atoms with E-state index in [1.165, 1.54) is 18.9 Å². The molecule has 0 amide bonds. The maximum atomic E-state index is 13.7. The minimum atomic E-state index is -3.78. The van der Waals surface area contributed by atoms with E-state index in [0.717, 1.165) is 51.4 Å². The summed E-state index contributed by atoms with van der Waals surface area (Å²) < 4.78 is 25.7. The van der Waals surface area contributed by atoms with Crippen molar-refractivity contribution in [3.8, 4) is 0 Å². The summed E-state index contributed by atoms with van der Waals surface area (Å²) >= 11 is 12.2. The van der Waals surface area contributed by atoms with Crippen LogP contribution in [-0.4, -0.2) is 17.3 Å². The van der Waals surface area contributed by atoms with Crippen LogP contribution in [0.4, 0.5) is 0 Å². The lowest BCUT2D eigenvalue weighted by Gasteiger charge is -2.33. The summed E-state index contributed by atoms with van der Waals surface area (Å²) in [6.07, 6.45) is 9.63. The molecule has 2 aliphatic carbocycles. The lowest BCUT2D eigenvalue weighted by Crippen LogP contribution is -2.22. The van der Waals surface area contributed by atoms with Crippen LogP contribution in [0.2, 0.25) is 10.0 Å². The third-order valence-electron chi connectivity index (χ3n) is 5.24. The summed E-state index contributed by atoms with van der Waals surface area (Å²) in [5.41, 5.74) is 0.339. The highest BCUT2D eigenvalue weighted by molar-refractivity contribution is 7.54. The molecule has 0 bridgehead atoms. The molecular weight excluding hydrogens is 394 g/mol. The SMILES string of the molecule is O=P(OC1CCCCC1)(OC1CCCCC1)[C@H](O)c1ccc(Cl)cc1Cl. The molecule has 0 aliphatic heterocycles. The normalized spacial score (nSPS) is 21.7. The van der Waals surface area contributed by atoms with Gasteiger partial charge >= 0.3 is 7.60 Å². The topological polar surface area (TPSA) is 55.8 Å². The predicted molar refractivity (Wildman–Crippen MR) is 105 cm³/mol. The van der Waals surface area contributed by atoms with E-state index in [1.807, 2.05) is 0 Å². The highest BCUT2D eigenvalue weighted by atomic mass is 35.5. The van der Waals surface area contributed by atoms with Gasteiger partial charge < -0.3 is 14.2 Å². The number of aliphatic hydroxyl groups is 1. The summed E-state index contributed by atoms with van der Waals surface area (Å²) in [4.78, 5) is 0. The third kappa shape index (κ3) is 5.25. The lowest BCUT2D eigenvalue weighted by molar-refractivity contribution is 0.0545. The Bertz CT molecular complexity index is 618. The van der Waals surface area contributed by atoms with Crippen molar-refractivity contribution in [2.24, 2.45) is 0 Å². The quantitative estimate of drug-likeness (QED) is 0.509. The molecule has 0 spiro atoms. The van der Waals surface area contributed by atoms with Gasteiger partial charge in [0.1, 0.15) is 0 Å². The highest BCUT2D eigenvalue weighted by Crippen LogP contribution is 2.63. The second kappa shape index (κ2) is 9.41. The van der Waals surface area contributed by atoms with E-state index in [9.17, 15) is 9.67 Å². The number of rotatable bonds is 6. The van der Waals surface area contributed by atoms with E-state index >= 15 is 0 Å². The molecule has 2 fully saturated rings. The predicted octanol–water partition coefficient (Wildman–Crippen LogP) is 6.88. The van der Waals surface area contributed by atoms with E-state index in [-0.39, 0.29) is 17.2 Å². The highest BCUT2D eigenvalue weighted by Gasteiger charge is 2.42. The summed E-state index contributed by atoms with van der Waals surface area (Å²) in [5.74, 6) is -1.41. The zero-order chi connectivity index (χ0) is 18.6. The molecule has 1 N–H and O–H groups in total. The molecule has 0 radical (unpaired) electrons. The summed E-state index contributed by atoms with van der Waals surface area (Å²) in [5, 5.41) is 11.7. The zero-order valence-electron chi connectivity index (χ0n) is 14.9. The van der Waals surface area contributed by atoms with Crippen LogP contribution in [0, 0.1) is 0 Å². The maximum absolute atomic E-state index is 13.7. The van der Waals surface area contributed by atoms with E-state index < -0.39 is 13.4 Å². The van der Waals surface area contributed by atoms with Gasteiger partial charge in [-0.15, -0.1) is 0 Å². The minimum Gasteiger partial charge on any atom is -0.376 e. The molecule has 0 unspecified atom stereocenters. The molecule has 2 aliphatic rings. The molecule has 0 aromatic heterocycles. The molecule has 146 valence electrons. The maximum Gasteiger partial charge on any atom is 0.364 e. The monoisotopic (exact) mass is 420 g/mol. The number of hydrogen-bond acceptors (Lipinski definition) is 4. The van der Waals surface area contributed by atoms with Crippen molar-refractivity contribution in [1.29, 1.82) is 0 Å². The molecule has 0 saturated heterocycles. The molecule has 2 saturated carbocycles. The van der Waals surface area contributed by atoms with Crippen LogP contribution in [0.3, 0.4) is 0 Å². The Kier molecular flexibility index (Phi) is 7.47. The molecule has 4 nitrogen and oxygen atoms in total. The smallest absolute Gasteiger partial charge is 0.364 e. The molecular formula is C19H27Cl2O4P. The summed E-state index contributed by atoms with van der Waals surface area (Å²) in [6, 6.07) is 4.75. The van der Waals surface area contributed by atoms with Gasteiger partial charge in [-0.05, 0) is 37.8 Å². The second-order valence-corrected chi connectivity index (χ2v) is 10.1. The van der Waals surface area contributed by atoms with Crippen molar-refractivity contribution in [3.63, 3.8) is 0 Å². The van der Waals surface area contributed by atoms with E-state index in [0.29, 0.717) is 10.6 Å². The third-order valence-corrected chi connectivity index (χ3v) is 7.86. The fraction of sp³-hybridized carbons (Fsp3) is 0.684. The van der Waals surface area contributed by atoms with E-state index in [2.05, 4.69) is 0 Å². The lowest BCUT2D eigenvalue weighted by atomic mass is 9.98. The fourth-order valence-electron chi connectivity index (χ4n) is 3.78. The van der Waals surface area contributed by atoms with Crippen LogP contribution in [0.25, 0.3) is 0 Å². The number of aliphatic hydroxyl groups excluding tert-OH is 1. The van der Waals surface area contributed by atoms with Gasteiger partial charge in [-0.2, -0.15) is 0 Å². The van der Waals surface area contributed by atoms with Crippen molar-refractivity contribution < 1.29 is 18.7 Å². The van der Waals surface area contributed by atoms with Crippen LogP contribution >= 0.6 is 30.8 Å². The molecule has 3 rings (SSSR count). The minimum absolute atomic E-state index is 0.140. The largest absolute Gasteiger partial charge is 0.376 e. The van der Waals surface area contributed by atoms with Crippen LogP contribution in [0.5, 0.6) is 0 Å². The fourth-order valence-corrected chi connectivity index (χ4v) is 6.46. The first-order chi connectivity index (χ1) is 12.5. The van der Waals surface area contributed by atoms with Gasteiger partial charge in [0.2, 0.25) is 0 Å². The van der Waals surface area contributed by atoms with Crippen LogP contribution in [-0.2, 0) is 13.6 Å². The molecule has 1 atom stereocenters. The Hall–Kier alpha value is -0.0900. The van der Waals surface area contributed by atoms with Gasteiger partial charge in [-0.1, -0.05) is 67.8 Å². The number of benzene rings is 1. The van der Waals surface area contributed by atoms with Crippen LogP contribution in [0.15, 0.2) is 18.2 Å². The van der Waals surface area contributed by atoms with Gasteiger partial charge in [0.15, 0.2) is 5.85 Å². The average molecular weight is 421 g/mol. The molecule has 0 heterocycles. The Labute approximate surface area is 165 Å². The van der Waals surface area contributed by atoms with Crippen molar-refractivity contribution in [2.45, 2.75) is 82.3 Å². The Balaban J connectivity index is 1.83. The van der Waals surface area contributed by atoms with Gasteiger partial charge in [-0.25, -0.2) is 0 Å². The second-order valence-electron chi connectivity index (χ2n) is 7.31. The molecule has 1 aromatic rings. The summed E-state index contributed by atoms with van der Waals surface area (Å²) in [7, 11) is -3.78. The first kappa shape index (κ1) is 20.6. The van der Waals surface area contributed by atoms with Crippen molar-refractivity contribution in [1.82, 2.24) is 0 Å². The van der Waals surface area contributed by atoms with E-state index in [1.54, 1.807) is 12.1 Å². The number of hydrogen-bond donors (Lipinski definition) is 1. The van der Waals surface area contributed by atoms with Gasteiger partial charge in [0.25, 0.3) is 0 Å². The van der Waals surface area contributed by atoms with Crippen LogP contribution < -0.4 is 0 Å². The van der Waals surface area contributed by atoms with Gasteiger partial charge in [-0.3, -0.25) is 4.57 Å². The van der Waals surface area contributed by atoms with Crippen molar-refractivity contribution >= 4 is 30.8 Å². The Morgan fingerprint density at radius 2 is 1.42 bits per heavy atom. The Morgan fingerprint density at radius 1 is 0.923 bits per heavy atom. The summed E-state index contributed by atoms with van der Waals surface area (Å²) in [6.45, 7) is 0. The van der Waals surface area contributed by atoms with Gasteiger partial charge in [0, 0.05) is 15.6 Å². The van der Waals surface area contributed by atoms with Crippen molar-refractivity contribution in [2.75, 3.05) is 0 Å². The zero-order valence-corrected chi connectivity index (χ0v) is 17.3. The molecule has 7 heteroatoms. The van der Waals surface area contributed by atoms with Crippen molar-refractivity contribution in [3.05, 3.63) is 33.8 Å². The molecule has 1 aromatic carbocycles. The number of halogens is 2. The Morgan fingerprint density at radius 3 is 1.88 bits per heavy atom. The first-order valence-corrected chi connectivity index (χ1v) is 11.9. The van der Waals surface area contributed by atoms with E-state index in [4.69, 9.17) is 32.2 Å². The molecule has 26 heavy (non-hydrogen) atoms. The average Bonchev–Trinajstić information content (AvgIpc) is 2.63.